The molecule has 1 amide bonds. The smallest absolute Gasteiger partial charge is 0.405 e. The van der Waals surface area contributed by atoms with Gasteiger partial charge in [-0.1, -0.05) is 0 Å². The molecular weight excluding hydrogens is 312 g/mol. The van der Waals surface area contributed by atoms with E-state index >= 15 is 0 Å². The second-order valence-electron chi connectivity index (χ2n) is 5.24. The molecular formula is C13H18N2O6S. The molecule has 8 nitrogen and oxygen atoms in total. The van der Waals surface area contributed by atoms with Crippen LogP contribution in [0.2, 0.25) is 0 Å². The Labute approximate surface area is 130 Å². The fourth-order valence-electron chi connectivity index (χ4n) is 1.71. The third-order valence-electron chi connectivity index (χ3n) is 2.57. The Hall–Kier alpha value is -2.16. The third kappa shape index (κ3) is 5.68. The number of hydrogen-bond acceptors (Lipinski definition) is 6. The molecule has 0 radical (unpaired) electrons. The van der Waals surface area contributed by atoms with Crippen molar-refractivity contribution in [2.45, 2.75) is 25.2 Å². The van der Waals surface area contributed by atoms with Crippen LogP contribution in [0.5, 0.6) is 5.75 Å². The zero-order valence-corrected chi connectivity index (χ0v) is 13.3. The van der Waals surface area contributed by atoms with E-state index in [1.54, 1.807) is 13.8 Å². The van der Waals surface area contributed by atoms with E-state index in [0.29, 0.717) is 11.3 Å². The van der Waals surface area contributed by atoms with Gasteiger partial charge in [0.05, 0.1) is 10.7 Å². The maximum absolute atomic E-state index is 11.4. The van der Waals surface area contributed by atoms with Crippen LogP contribution in [0.3, 0.4) is 0 Å². The molecule has 0 heterocycles. The Morgan fingerprint density at radius 2 is 2.09 bits per heavy atom. The van der Waals surface area contributed by atoms with E-state index in [1.807, 2.05) is 0 Å². The Kier molecular flexibility index (Phi) is 5.86. The maximum atomic E-state index is 11.4. The number of nitro groups is 1. The first-order valence-corrected chi connectivity index (χ1v) is 8.02. The van der Waals surface area contributed by atoms with Crippen LogP contribution in [0.25, 0.3) is 0 Å². The molecule has 0 saturated heterocycles. The third-order valence-corrected chi connectivity index (χ3v) is 3.28. The first kappa shape index (κ1) is 17.9. The van der Waals surface area contributed by atoms with E-state index < -0.39 is 27.4 Å². The van der Waals surface area contributed by atoms with Crippen molar-refractivity contribution >= 4 is 22.6 Å². The monoisotopic (exact) mass is 330 g/mol. The van der Waals surface area contributed by atoms with Gasteiger partial charge in [0, 0.05) is 34.8 Å². The lowest BCUT2D eigenvalue weighted by molar-refractivity contribution is -0.384. The minimum atomic E-state index is -1.19. The summed E-state index contributed by atoms with van der Waals surface area (Å²) < 4.78 is 21.8. The minimum absolute atomic E-state index is 0.00288. The Morgan fingerprint density at radius 3 is 2.59 bits per heavy atom. The lowest BCUT2D eigenvalue weighted by Gasteiger charge is -2.24. The van der Waals surface area contributed by atoms with Crippen LogP contribution in [0.4, 0.5) is 10.5 Å². The molecule has 0 aliphatic heterocycles. The molecule has 0 saturated carbocycles. The summed E-state index contributed by atoms with van der Waals surface area (Å²) in [5, 5.41) is 10.8. The number of hydrogen-bond donors (Lipinski definition) is 1. The summed E-state index contributed by atoms with van der Waals surface area (Å²) >= 11 is 0. The summed E-state index contributed by atoms with van der Waals surface area (Å²) in [6, 6.07) is 4.04. The van der Waals surface area contributed by atoms with Gasteiger partial charge in [-0.25, -0.2) is 4.79 Å². The van der Waals surface area contributed by atoms with Crippen molar-refractivity contribution in [1.29, 1.82) is 0 Å². The van der Waals surface area contributed by atoms with Crippen LogP contribution >= 0.6 is 0 Å². The molecule has 0 spiro atoms. The van der Waals surface area contributed by atoms with Gasteiger partial charge in [0.25, 0.3) is 5.69 Å². The highest BCUT2D eigenvalue weighted by Crippen LogP contribution is 2.26. The maximum Gasteiger partial charge on any atom is 0.405 e. The summed E-state index contributed by atoms with van der Waals surface area (Å²) in [5.41, 5.74) is 4.34. The van der Waals surface area contributed by atoms with Gasteiger partial charge in [-0.05, 0) is 19.9 Å². The first-order valence-electron chi connectivity index (χ1n) is 6.29. The quantitative estimate of drug-likeness (QED) is 0.600. The highest BCUT2D eigenvalue weighted by Gasteiger charge is 2.24. The van der Waals surface area contributed by atoms with Crippen molar-refractivity contribution in [1.82, 2.24) is 0 Å². The number of nitrogens with zero attached hydrogens (tertiary/aromatic N) is 1. The van der Waals surface area contributed by atoms with Crippen molar-refractivity contribution < 1.29 is 23.4 Å². The topological polar surface area (TPSA) is 122 Å². The SMILES string of the molecule is CS(=O)Cc1cc([N+](=O)[O-])ccc1OCC(C)(C)OC(N)=O. The Balaban J connectivity index is 2.95. The van der Waals surface area contributed by atoms with E-state index in [0.717, 1.165) is 0 Å². The number of rotatable bonds is 7. The Morgan fingerprint density at radius 1 is 1.45 bits per heavy atom. The van der Waals surface area contributed by atoms with Crippen molar-refractivity contribution in [3.63, 3.8) is 0 Å². The van der Waals surface area contributed by atoms with E-state index in [4.69, 9.17) is 15.2 Å². The molecule has 1 aromatic rings. The first-order chi connectivity index (χ1) is 10.1. The molecule has 2 N–H and O–H groups in total. The minimum Gasteiger partial charge on any atom is -0.489 e. The van der Waals surface area contributed by atoms with Crippen LogP contribution in [0.15, 0.2) is 18.2 Å². The predicted octanol–water partition coefficient (Wildman–Crippen LogP) is 1.73. The molecule has 0 bridgehead atoms. The van der Waals surface area contributed by atoms with Crippen molar-refractivity contribution in [2.24, 2.45) is 5.73 Å². The largest absolute Gasteiger partial charge is 0.489 e. The van der Waals surface area contributed by atoms with Gasteiger partial charge < -0.3 is 15.2 Å². The van der Waals surface area contributed by atoms with Crippen LogP contribution in [0, 0.1) is 10.1 Å². The number of carbonyl (C=O) groups excluding carboxylic acids is 1. The van der Waals surface area contributed by atoms with Gasteiger partial charge in [-0.2, -0.15) is 0 Å². The van der Waals surface area contributed by atoms with Crippen molar-refractivity contribution in [3.05, 3.63) is 33.9 Å². The van der Waals surface area contributed by atoms with Crippen LogP contribution < -0.4 is 10.5 Å². The van der Waals surface area contributed by atoms with Crippen molar-refractivity contribution in [2.75, 3.05) is 12.9 Å². The van der Waals surface area contributed by atoms with Crippen LogP contribution in [-0.2, 0) is 21.3 Å². The highest BCUT2D eigenvalue weighted by atomic mass is 32.2. The van der Waals surface area contributed by atoms with E-state index in [2.05, 4.69) is 0 Å². The number of carbonyl (C=O) groups is 1. The molecule has 1 aromatic carbocycles. The van der Waals surface area contributed by atoms with Crippen LogP contribution in [-0.4, -0.2) is 33.7 Å². The zero-order chi connectivity index (χ0) is 16.9. The molecule has 122 valence electrons. The fourth-order valence-corrected chi connectivity index (χ4v) is 2.37. The normalized spacial score (nSPS) is 12.5. The number of benzene rings is 1. The van der Waals surface area contributed by atoms with Gasteiger partial charge in [-0.15, -0.1) is 0 Å². The molecule has 1 unspecified atom stereocenters. The molecule has 9 heteroatoms. The van der Waals surface area contributed by atoms with Gasteiger partial charge in [0.15, 0.2) is 0 Å². The van der Waals surface area contributed by atoms with Gasteiger partial charge in [0.2, 0.25) is 0 Å². The molecule has 1 rings (SSSR count). The average molecular weight is 330 g/mol. The van der Waals surface area contributed by atoms with Gasteiger partial charge in [-0.3, -0.25) is 14.3 Å². The van der Waals surface area contributed by atoms with E-state index in [-0.39, 0.29) is 18.0 Å². The average Bonchev–Trinajstić information content (AvgIpc) is 2.34. The number of nitrogens with two attached hydrogens (primary N) is 1. The zero-order valence-electron chi connectivity index (χ0n) is 12.5. The second-order valence-corrected chi connectivity index (χ2v) is 6.67. The lowest BCUT2D eigenvalue weighted by atomic mass is 10.1. The predicted molar refractivity (Wildman–Crippen MR) is 81.1 cm³/mol. The molecule has 0 fully saturated rings. The number of nitro benzene ring substituents is 1. The molecule has 1 atom stereocenters. The summed E-state index contributed by atoms with van der Waals surface area (Å²) in [5.74, 6) is 0.468. The highest BCUT2D eigenvalue weighted by molar-refractivity contribution is 7.83. The van der Waals surface area contributed by atoms with E-state index in [1.165, 1.54) is 24.5 Å². The number of amides is 1. The second kappa shape index (κ2) is 7.21. The molecule has 22 heavy (non-hydrogen) atoms. The summed E-state index contributed by atoms with van der Waals surface area (Å²) in [6.07, 6.45) is 0.565. The van der Waals surface area contributed by atoms with E-state index in [9.17, 15) is 19.1 Å². The van der Waals surface area contributed by atoms with Gasteiger partial charge in [0.1, 0.15) is 18.0 Å². The number of primary amides is 1. The summed E-state index contributed by atoms with van der Waals surface area (Å²) in [4.78, 5) is 21.1. The van der Waals surface area contributed by atoms with Crippen LogP contribution in [0.1, 0.15) is 19.4 Å². The summed E-state index contributed by atoms with van der Waals surface area (Å²) in [7, 11) is -1.19. The molecule has 0 aliphatic rings. The van der Waals surface area contributed by atoms with Crippen molar-refractivity contribution in [3.8, 4) is 5.75 Å². The number of ether oxygens (including phenoxy) is 2. The van der Waals surface area contributed by atoms with Gasteiger partial charge >= 0.3 is 6.09 Å². The molecule has 0 aliphatic carbocycles. The standard InChI is InChI=1S/C13H18N2O6S/c1-13(2,21-12(14)16)8-20-11-5-4-10(15(17)18)6-9(11)7-22(3)19/h4-6H,7-8H2,1-3H3,(H2,14,16). The lowest BCUT2D eigenvalue weighted by Crippen LogP contribution is -2.36. The summed E-state index contributed by atoms with van der Waals surface area (Å²) in [6.45, 7) is 3.22. The number of non-ortho nitro benzene ring substituents is 1. The fraction of sp³-hybridized carbons (Fsp3) is 0.462. The Bertz CT molecular complexity index is 602. The molecule has 0 aromatic heterocycles.